The summed E-state index contributed by atoms with van der Waals surface area (Å²) in [6.45, 7) is 4.45. The molecule has 0 unspecified atom stereocenters. The van der Waals surface area contributed by atoms with Crippen LogP contribution in [-0.2, 0) is 11.0 Å². The standard InChI is InChI=1S/C25H25F5N8O/c1-16(39)35-7-11-37(12-8-35)23-32-21(17-4-5-19(26)20(27)15-17)33-24(34-23)38-13-9-36(10-14-38)22-18(25(28,29)30)3-2-6-31-22/h2-6,15H,7-14H2,1H3. The van der Waals surface area contributed by atoms with Crippen molar-refractivity contribution in [1.82, 2.24) is 24.8 Å². The molecule has 14 heteroatoms. The minimum atomic E-state index is -4.53. The molecule has 0 bridgehead atoms. The molecule has 0 N–H and O–H groups in total. The van der Waals surface area contributed by atoms with E-state index in [1.54, 1.807) is 9.80 Å². The Balaban J connectivity index is 1.42. The molecule has 2 saturated heterocycles. The van der Waals surface area contributed by atoms with Gasteiger partial charge < -0.3 is 19.6 Å². The first kappa shape index (κ1) is 26.5. The molecule has 2 aromatic heterocycles. The van der Waals surface area contributed by atoms with E-state index in [2.05, 4.69) is 19.9 Å². The Bertz CT molecular complexity index is 1350. The van der Waals surface area contributed by atoms with Gasteiger partial charge in [-0.05, 0) is 30.3 Å². The van der Waals surface area contributed by atoms with Crippen molar-refractivity contribution in [3.05, 3.63) is 53.7 Å². The zero-order valence-electron chi connectivity index (χ0n) is 21.0. The number of aromatic nitrogens is 4. The highest BCUT2D eigenvalue weighted by atomic mass is 19.4. The fourth-order valence-corrected chi connectivity index (χ4v) is 4.61. The molecule has 5 rings (SSSR count). The number of amides is 1. The molecule has 1 aromatic carbocycles. The topological polar surface area (TPSA) is 81.6 Å². The summed E-state index contributed by atoms with van der Waals surface area (Å²) in [5.74, 6) is -1.50. The molecule has 39 heavy (non-hydrogen) atoms. The molecule has 0 atom stereocenters. The van der Waals surface area contributed by atoms with E-state index >= 15 is 0 Å². The Hall–Kier alpha value is -4.10. The summed E-state index contributed by atoms with van der Waals surface area (Å²) in [6, 6.07) is 5.62. The van der Waals surface area contributed by atoms with Crippen LogP contribution < -0.4 is 14.7 Å². The number of pyridine rings is 1. The molecule has 0 spiro atoms. The van der Waals surface area contributed by atoms with Crippen LogP contribution in [0.3, 0.4) is 0 Å². The van der Waals surface area contributed by atoms with Crippen LogP contribution >= 0.6 is 0 Å². The quantitative estimate of drug-likeness (QED) is 0.460. The highest BCUT2D eigenvalue weighted by Crippen LogP contribution is 2.35. The van der Waals surface area contributed by atoms with Gasteiger partial charge >= 0.3 is 6.18 Å². The van der Waals surface area contributed by atoms with Gasteiger partial charge in [-0.25, -0.2) is 13.8 Å². The second-order valence-electron chi connectivity index (χ2n) is 9.23. The molecule has 3 aromatic rings. The third-order valence-corrected chi connectivity index (χ3v) is 6.75. The second kappa shape index (κ2) is 10.6. The average molecular weight is 549 g/mol. The third-order valence-electron chi connectivity index (χ3n) is 6.75. The van der Waals surface area contributed by atoms with Crippen molar-refractivity contribution in [2.45, 2.75) is 13.1 Å². The predicted molar refractivity (Wildman–Crippen MR) is 133 cm³/mol. The van der Waals surface area contributed by atoms with Crippen molar-refractivity contribution in [3.63, 3.8) is 0 Å². The monoisotopic (exact) mass is 548 g/mol. The fourth-order valence-electron chi connectivity index (χ4n) is 4.61. The number of rotatable bonds is 4. The van der Waals surface area contributed by atoms with Crippen LogP contribution in [0.25, 0.3) is 11.4 Å². The third kappa shape index (κ3) is 5.68. The Kier molecular flexibility index (Phi) is 7.19. The zero-order chi connectivity index (χ0) is 27.7. The van der Waals surface area contributed by atoms with Gasteiger partial charge in [-0.2, -0.15) is 28.1 Å². The number of carbonyl (C=O) groups excluding carboxylic acids is 1. The number of anilines is 3. The highest BCUT2D eigenvalue weighted by Gasteiger charge is 2.36. The molecular weight excluding hydrogens is 523 g/mol. The van der Waals surface area contributed by atoms with Crippen molar-refractivity contribution in [2.75, 3.05) is 67.1 Å². The zero-order valence-corrected chi connectivity index (χ0v) is 21.0. The van der Waals surface area contributed by atoms with E-state index in [4.69, 9.17) is 0 Å². The lowest BCUT2D eigenvalue weighted by Crippen LogP contribution is -2.49. The summed E-state index contributed by atoms with van der Waals surface area (Å²) in [4.78, 5) is 36.3. The smallest absolute Gasteiger partial charge is 0.353 e. The van der Waals surface area contributed by atoms with E-state index in [1.807, 2.05) is 9.80 Å². The van der Waals surface area contributed by atoms with E-state index in [9.17, 15) is 26.7 Å². The van der Waals surface area contributed by atoms with Crippen LogP contribution in [0.2, 0.25) is 0 Å². The van der Waals surface area contributed by atoms with Gasteiger partial charge in [-0.1, -0.05) is 0 Å². The van der Waals surface area contributed by atoms with Crippen molar-refractivity contribution in [3.8, 4) is 11.4 Å². The van der Waals surface area contributed by atoms with Crippen LogP contribution in [0, 0.1) is 11.6 Å². The summed E-state index contributed by atoms with van der Waals surface area (Å²) in [5.41, 5.74) is -0.547. The fraction of sp³-hybridized carbons (Fsp3) is 0.400. The van der Waals surface area contributed by atoms with Gasteiger partial charge in [-0.3, -0.25) is 4.79 Å². The van der Waals surface area contributed by atoms with Gasteiger partial charge in [0.25, 0.3) is 0 Å². The highest BCUT2D eigenvalue weighted by molar-refractivity contribution is 5.73. The van der Waals surface area contributed by atoms with Gasteiger partial charge in [0.2, 0.25) is 17.8 Å². The first-order valence-electron chi connectivity index (χ1n) is 12.3. The maximum absolute atomic E-state index is 14.0. The molecule has 1 amide bonds. The molecule has 9 nitrogen and oxygen atoms in total. The molecule has 2 aliphatic rings. The van der Waals surface area contributed by atoms with E-state index in [-0.39, 0.29) is 42.2 Å². The molecule has 0 radical (unpaired) electrons. The lowest BCUT2D eigenvalue weighted by atomic mass is 10.2. The van der Waals surface area contributed by atoms with Gasteiger partial charge in [0, 0.05) is 71.0 Å². The summed E-state index contributed by atoms with van der Waals surface area (Å²) < 4.78 is 68.1. The average Bonchev–Trinajstić information content (AvgIpc) is 2.94. The Morgan fingerprint density at radius 2 is 1.38 bits per heavy atom. The van der Waals surface area contributed by atoms with E-state index in [0.29, 0.717) is 45.2 Å². The van der Waals surface area contributed by atoms with Crippen LogP contribution in [-0.4, -0.2) is 83.1 Å². The number of hydrogen-bond acceptors (Lipinski definition) is 8. The van der Waals surface area contributed by atoms with Gasteiger partial charge in [0.15, 0.2) is 17.5 Å². The Morgan fingerprint density at radius 1 is 0.795 bits per heavy atom. The molecule has 0 saturated carbocycles. The molecular formula is C25H25F5N8O. The first-order valence-corrected chi connectivity index (χ1v) is 12.3. The van der Waals surface area contributed by atoms with Crippen LogP contribution in [0.5, 0.6) is 0 Å². The minimum absolute atomic E-state index is 0.0343. The summed E-state index contributed by atoms with van der Waals surface area (Å²) in [7, 11) is 0. The number of alkyl halides is 3. The largest absolute Gasteiger partial charge is 0.419 e. The van der Waals surface area contributed by atoms with Gasteiger partial charge in [0.05, 0.1) is 5.56 Å². The molecule has 206 valence electrons. The number of hydrogen-bond donors (Lipinski definition) is 0. The maximum atomic E-state index is 14.0. The maximum Gasteiger partial charge on any atom is 0.419 e. The molecule has 2 aliphatic heterocycles. The van der Waals surface area contributed by atoms with Crippen molar-refractivity contribution in [1.29, 1.82) is 0 Å². The number of halogens is 5. The minimum Gasteiger partial charge on any atom is -0.353 e. The number of piperazine rings is 2. The number of benzene rings is 1. The van der Waals surface area contributed by atoms with Crippen LogP contribution in [0.15, 0.2) is 36.5 Å². The van der Waals surface area contributed by atoms with Gasteiger partial charge in [-0.15, -0.1) is 0 Å². The lowest BCUT2D eigenvalue weighted by Gasteiger charge is -2.37. The summed E-state index contributed by atoms with van der Waals surface area (Å²) >= 11 is 0. The summed E-state index contributed by atoms with van der Waals surface area (Å²) in [6.07, 6.45) is -3.20. The van der Waals surface area contributed by atoms with Crippen molar-refractivity contribution >= 4 is 23.6 Å². The van der Waals surface area contributed by atoms with E-state index in [1.165, 1.54) is 25.3 Å². The molecule has 0 aliphatic carbocycles. The Morgan fingerprint density at radius 3 is 1.95 bits per heavy atom. The molecule has 2 fully saturated rings. The van der Waals surface area contributed by atoms with E-state index in [0.717, 1.165) is 18.2 Å². The lowest BCUT2D eigenvalue weighted by molar-refractivity contribution is -0.137. The predicted octanol–water partition coefficient (Wildman–Crippen LogP) is 3.23. The molecule has 4 heterocycles. The SMILES string of the molecule is CC(=O)N1CCN(c2nc(-c3ccc(F)c(F)c3)nc(N3CCN(c4ncccc4C(F)(F)F)CC3)n2)CC1. The number of carbonyl (C=O) groups is 1. The Labute approximate surface area is 220 Å². The van der Waals surface area contributed by atoms with Crippen molar-refractivity contribution in [2.24, 2.45) is 0 Å². The normalized spacial score (nSPS) is 16.6. The van der Waals surface area contributed by atoms with E-state index < -0.39 is 23.4 Å². The van der Waals surface area contributed by atoms with Crippen LogP contribution in [0.4, 0.5) is 39.7 Å². The number of nitrogens with zero attached hydrogens (tertiary/aromatic N) is 8. The van der Waals surface area contributed by atoms with Gasteiger partial charge in [0.1, 0.15) is 5.82 Å². The first-order chi connectivity index (χ1) is 18.6. The van der Waals surface area contributed by atoms with Crippen molar-refractivity contribution < 1.29 is 26.7 Å². The second-order valence-corrected chi connectivity index (χ2v) is 9.23. The van der Waals surface area contributed by atoms with Crippen LogP contribution in [0.1, 0.15) is 12.5 Å². The summed E-state index contributed by atoms with van der Waals surface area (Å²) in [5, 5.41) is 0.